The van der Waals surface area contributed by atoms with Crippen molar-refractivity contribution in [1.29, 1.82) is 0 Å². The average molecular weight is 466 g/mol. The number of rotatable bonds is 6. The number of anilines is 3. The summed E-state index contributed by atoms with van der Waals surface area (Å²) in [6.45, 7) is 2.92. The minimum Gasteiger partial charge on any atom is -0.486 e. The van der Waals surface area contributed by atoms with E-state index in [2.05, 4.69) is 16.0 Å². The summed E-state index contributed by atoms with van der Waals surface area (Å²) in [5.74, 6) is 1.27. The lowest BCUT2D eigenvalue weighted by atomic mass is 10.2. The Bertz CT molecular complexity index is 1090. The zero-order valence-corrected chi connectivity index (χ0v) is 19.1. The van der Waals surface area contributed by atoms with Gasteiger partial charge in [0, 0.05) is 28.0 Å². The Morgan fingerprint density at radius 1 is 0.844 bits per heavy atom. The first kappa shape index (κ1) is 22.0. The number of thioether (sulfide) groups is 1. The lowest BCUT2D eigenvalue weighted by Crippen LogP contribution is -2.22. The number of benzene rings is 3. The van der Waals surface area contributed by atoms with Gasteiger partial charge in [-0.1, -0.05) is 18.2 Å². The molecule has 1 aliphatic rings. The Hall–Kier alpha value is -3.23. The SMILES string of the molecule is CC(Sc1ccc(NC(=S)Nc2ccccc2)cc1)C(=O)Nc1ccc2c(c1)OCCO2. The molecule has 1 aliphatic heterocycles. The minimum atomic E-state index is -0.275. The van der Waals surface area contributed by atoms with Gasteiger partial charge in [0.1, 0.15) is 13.2 Å². The van der Waals surface area contributed by atoms with Crippen LogP contribution in [0.4, 0.5) is 17.1 Å². The van der Waals surface area contributed by atoms with Crippen molar-refractivity contribution in [3.05, 3.63) is 72.8 Å². The molecule has 1 unspecified atom stereocenters. The third-order valence-electron chi connectivity index (χ3n) is 4.64. The van der Waals surface area contributed by atoms with Gasteiger partial charge < -0.3 is 25.4 Å². The highest BCUT2D eigenvalue weighted by Crippen LogP contribution is 2.33. The van der Waals surface area contributed by atoms with Gasteiger partial charge in [-0.3, -0.25) is 4.79 Å². The Balaban J connectivity index is 1.29. The van der Waals surface area contributed by atoms with Gasteiger partial charge in [-0.05, 0) is 67.7 Å². The van der Waals surface area contributed by atoms with Crippen LogP contribution in [0, 0.1) is 0 Å². The van der Waals surface area contributed by atoms with Gasteiger partial charge in [-0.2, -0.15) is 0 Å². The fraction of sp³-hybridized carbons (Fsp3) is 0.167. The number of thiocarbonyl (C=S) groups is 1. The molecule has 0 aromatic heterocycles. The van der Waals surface area contributed by atoms with Crippen LogP contribution in [-0.2, 0) is 4.79 Å². The molecule has 0 saturated heterocycles. The standard InChI is InChI=1S/C24H23N3O3S2/c1-16(23(28)25-19-9-12-21-22(15-19)30-14-13-29-21)32-20-10-7-18(8-11-20)27-24(31)26-17-5-3-2-4-6-17/h2-12,15-16H,13-14H2,1H3,(H,25,28)(H2,26,27,31). The van der Waals surface area contributed by atoms with E-state index in [1.807, 2.05) is 73.7 Å². The Morgan fingerprint density at radius 2 is 1.47 bits per heavy atom. The van der Waals surface area contributed by atoms with Crippen molar-refractivity contribution in [2.24, 2.45) is 0 Å². The highest BCUT2D eigenvalue weighted by molar-refractivity contribution is 8.00. The molecular formula is C24H23N3O3S2. The van der Waals surface area contributed by atoms with Crippen LogP contribution < -0.4 is 25.4 Å². The molecule has 4 rings (SSSR count). The minimum absolute atomic E-state index is 0.0814. The Kier molecular flexibility index (Phi) is 7.14. The van der Waals surface area contributed by atoms with Crippen molar-refractivity contribution in [3.8, 4) is 11.5 Å². The van der Waals surface area contributed by atoms with Crippen LogP contribution in [0.5, 0.6) is 11.5 Å². The van der Waals surface area contributed by atoms with E-state index < -0.39 is 0 Å². The first-order chi connectivity index (χ1) is 15.6. The molecule has 3 aromatic carbocycles. The second-order valence-corrected chi connectivity index (χ2v) is 8.90. The van der Waals surface area contributed by atoms with Crippen LogP contribution in [0.25, 0.3) is 0 Å². The number of hydrogen-bond acceptors (Lipinski definition) is 5. The van der Waals surface area contributed by atoms with Gasteiger partial charge in [-0.15, -0.1) is 11.8 Å². The summed E-state index contributed by atoms with van der Waals surface area (Å²) in [6.07, 6.45) is 0. The van der Waals surface area contributed by atoms with E-state index in [-0.39, 0.29) is 11.2 Å². The van der Waals surface area contributed by atoms with E-state index >= 15 is 0 Å². The summed E-state index contributed by atoms with van der Waals surface area (Å²) >= 11 is 6.84. The highest BCUT2D eigenvalue weighted by atomic mass is 32.2. The Labute approximate surface area is 196 Å². The lowest BCUT2D eigenvalue weighted by molar-refractivity contribution is -0.115. The second kappa shape index (κ2) is 10.4. The number of carbonyl (C=O) groups is 1. The van der Waals surface area contributed by atoms with Gasteiger partial charge in [0.15, 0.2) is 16.6 Å². The van der Waals surface area contributed by atoms with E-state index in [0.717, 1.165) is 16.3 Å². The van der Waals surface area contributed by atoms with Gasteiger partial charge in [0.25, 0.3) is 0 Å². The second-order valence-electron chi connectivity index (χ2n) is 7.08. The molecule has 1 amide bonds. The zero-order valence-electron chi connectivity index (χ0n) is 17.5. The van der Waals surface area contributed by atoms with Crippen molar-refractivity contribution >= 4 is 52.1 Å². The molecule has 1 heterocycles. The van der Waals surface area contributed by atoms with Crippen LogP contribution in [0.1, 0.15) is 6.92 Å². The van der Waals surface area contributed by atoms with E-state index in [4.69, 9.17) is 21.7 Å². The summed E-state index contributed by atoms with van der Waals surface area (Å²) in [4.78, 5) is 13.6. The fourth-order valence-electron chi connectivity index (χ4n) is 3.05. The number of carbonyl (C=O) groups excluding carboxylic acids is 1. The zero-order chi connectivity index (χ0) is 22.3. The Morgan fingerprint density at radius 3 is 2.19 bits per heavy atom. The molecule has 0 spiro atoms. The smallest absolute Gasteiger partial charge is 0.237 e. The number of ether oxygens (including phenoxy) is 2. The molecular weight excluding hydrogens is 442 g/mol. The number of hydrogen-bond donors (Lipinski definition) is 3. The van der Waals surface area contributed by atoms with Crippen LogP contribution in [0.3, 0.4) is 0 Å². The number of nitrogens with one attached hydrogen (secondary N) is 3. The highest BCUT2D eigenvalue weighted by Gasteiger charge is 2.17. The normalized spacial score (nSPS) is 13.0. The maximum absolute atomic E-state index is 12.6. The molecule has 0 bridgehead atoms. The molecule has 32 heavy (non-hydrogen) atoms. The van der Waals surface area contributed by atoms with Crippen molar-refractivity contribution in [2.45, 2.75) is 17.1 Å². The summed E-state index contributed by atoms with van der Waals surface area (Å²) in [5.41, 5.74) is 2.48. The summed E-state index contributed by atoms with van der Waals surface area (Å²) in [6, 6.07) is 23.0. The predicted molar refractivity (Wildman–Crippen MR) is 134 cm³/mol. The van der Waals surface area contributed by atoms with Crippen LogP contribution in [0.15, 0.2) is 77.7 Å². The summed E-state index contributed by atoms with van der Waals surface area (Å²) < 4.78 is 11.1. The first-order valence-electron chi connectivity index (χ1n) is 10.2. The molecule has 0 radical (unpaired) electrons. The van der Waals surface area contributed by atoms with Crippen molar-refractivity contribution in [3.63, 3.8) is 0 Å². The number of fused-ring (bicyclic) bond motifs is 1. The largest absolute Gasteiger partial charge is 0.486 e. The molecule has 164 valence electrons. The van der Waals surface area contributed by atoms with Crippen molar-refractivity contribution < 1.29 is 14.3 Å². The van der Waals surface area contributed by atoms with E-state index in [9.17, 15) is 4.79 Å². The molecule has 0 fully saturated rings. The quantitative estimate of drug-likeness (QED) is 0.333. The van der Waals surface area contributed by atoms with E-state index in [1.165, 1.54) is 11.8 Å². The molecule has 0 saturated carbocycles. The van der Waals surface area contributed by atoms with Crippen LogP contribution in [0.2, 0.25) is 0 Å². The topological polar surface area (TPSA) is 71.6 Å². The monoisotopic (exact) mass is 465 g/mol. The molecule has 3 N–H and O–H groups in total. The predicted octanol–water partition coefficient (Wildman–Crippen LogP) is 5.39. The van der Waals surface area contributed by atoms with Crippen LogP contribution >= 0.6 is 24.0 Å². The van der Waals surface area contributed by atoms with E-state index in [0.29, 0.717) is 35.5 Å². The first-order valence-corrected chi connectivity index (χ1v) is 11.5. The molecule has 0 aliphatic carbocycles. The molecule has 8 heteroatoms. The van der Waals surface area contributed by atoms with Crippen LogP contribution in [-0.4, -0.2) is 29.5 Å². The third-order valence-corrected chi connectivity index (χ3v) is 5.95. The number of amides is 1. The fourth-order valence-corrected chi connectivity index (χ4v) is 4.16. The maximum atomic E-state index is 12.6. The van der Waals surface area contributed by atoms with Gasteiger partial charge in [-0.25, -0.2) is 0 Å². The molecule has 1 atom stereocenters. The van der Waals surface area contributed by atoms with Gasteiger partial charge in [0.2, 0.25) is 5.91 Å². The summed E-state index contributed by atoms with van der Waals surface area (Å²) in [7, 11) is 0. The van der Waals surface area contributed by atoms with Gasteiger partial charge in [0.05, 0.1) is 5.25 Å². The van der Waals surface area contributed by atoms with Crippen molar-refractivity contribution in [2.75, 3.05) is 29.2 Å². The van der Waals surface area contributed by atoms with Crippen molar-refractivity contribution in [1.82, 2.24) is 0 Å². The lowest BCUT2D eigenvalue weighted by Gasteiger charge is -2.19. The molecule has 3 aromatic rings. The average Bonchev–Trinajstić information content (AvgIpc) is 2.81. The summed E-state index contributed by atoms with van der Waals surface area (Å²) in [5, 5.41) is 9.48. The van der Waals surface area contributed by atoms with Gasteiger partial charge >= 0.3 is 0 Å². The molecule has 6 nitrogen and oxygen atoms in total. The third kappa shape index (κ3) is 5.93. The van der Waals surface area contributed by atoms with E-state index in [1.54, 1.807) is 6.07 Å². The maximum Gasteiger partial charge on any atom is 0.237 e. The number of para-hydroxylation sites is 1.